The summed E-state index contributed by atoms with van der Waals surface area (Å²) in [6.45, 7) is 0.331. The third-order valence-electron chi connectivity index (χ3n) is 2.03. The largest absolute Gasteiger partial charge is 0.377 e. The van der Waals surface area contributed by atoms with Crippen molar-refractivity contribution in [2.75, 3.05) is 30.5 Å². The number of nitriles is 2. The lowest BCUT2D eigenvalue weighted by Gasteiger charge is -2.18. The highest BCUT2D eigenvalue weighted by Gasteiger charge is 2.11. The maximum atomic E-state index is 8.71. The van der Waals surface area contributed by atoms with E-state index in [-0.39, 0.29) is 19.7 Å². The van der Waals surface area contributed by atoms with Crippen molar-refractivity contribution in [1.29, 1.82) is 10.5 Å². The zero-order valence-electron chi connectivity index (χ0n) is 9.92. The summed E-state index contributed by atoms with van der Waals surface area (Å²) >= 11 is 0. The molecule has 0 saturated carbocycles. The number of hydrogen-bond acceptors (Lipinski definition) is 8. The van der Waals surface area contributed by atoms with Gasteiger partial charge in [0.05, 0.1) is 12.1 Å². The molecular formula is C10H13N7O. The van der Waals surface area contributed by atoms with Crippen molar-refractivity contribution < 1.29 is 4.74 Å². The Balaban J connectivity index is 3.08. The lowest BCUT2D eigenvalue weighted by molar-refractivity contribution is 0.178. The summed E-state index contributed by atoms with van der Waals surface area (Å²) in [7, 11) is 1.52. The topological polar surface area (TPSA) is 124 Å². The van der Waals surface area contributed by atoms with Crippen LogP contribution in [0.4, 0.5) is 11.6 Å². The van der Waals surface area contributed by atoms with Gasteiger partial charge in [0, 0.05) is 13.2 Å². The van der Waals surface area contributed by atoms with Crippen LogP contribution in [-0.2, 0) is 11.3 Å². The van der Waals surface area contributed by atoms with Crippen LogP contribution in [0.25, 0.3) is 0 Å². The average Bonchev–Trinajstić information content (AvgIpc) is 2.38. The van der Waals surface area contributed by atoms with E-state index < -0.39 is 0 Å². The number of ether oxygens (including phenoxy) is 1. The monoisotopic (exact) mass is 247 g/mol. The van der Waals surface area contributed by atoms with Crippen LogP contribution in [-0.4, -0.2) is 30.2 Å². The fourth-order valence-electron chi connectivity index (χ4n) is 1.30. The molecule has 0 fully saturated rings. The van der Waals surface area contributed by atoms with Gasteiger partial charge in [-0.15, -0.1) is 0 Å². The van der Waals surface area contributed by atoms with Gasteiger partial charge in [-0.05, 0) is 0 Å². The van der Waals surface area contributed by atoms with Gasteiger partial charge in [-0.3, -0.25) is 0 Å². The first-order chi connectivity index (χ1) is 8.74. The molecule has 0 atom stereocenters. The van der Waals surface area contributed by atoms with Crippen LogP contribution >= 0.6 is 0 Å². The molecule has 0 aromatic carbocycles. The molecule has 8 heteroatoms. The van der Waals surface area contributed by atoms with Crippen molar-refractivity contribution in [2.45, 2.75) is 6.61 Å². The Kier molecular flexibility index (Phi) is 5.32. The molecule has 0 aliphatic heterocycles. The second-order valence-electron chi connectivity index (χ2n) is 3.28. The minimum absolute atomic E-state index is 0.0566. The van der Waals surface area contributed by atoms with E-state index in [1.807, 2.05) is 12.1 Å². The van der Waals surface area contributed by atoms with Crippen LogP contribution in [0.1, 0.15) is 5.82 Å². The predicted octanol–water partition coefficient (Wildman–Crippen LogP) is -0.238. The fourth-order valence-corrected chi connectivity index (χ4v) is 1.30. The van der Waals surface area contributed by atoms with Gasteiger partial charge in [0.25, 0.3) is 0 Å². The van der Waals surface area contributed by atoms with Gasteiger partial charge in [0.1, 0.15) is 31.3 Å². The molecule has 1 rings (SSSR count). The molecule has 94 valence electrons. The van der Waals surface area contributed by atoms with Crippen molar-refractivity contribution in [3.63, 3.8) is 0 Å². The van der Waals surface area contributed by atoms with Gasteiger partial charge >= 0.3 is 0 Å². The molecule has 0 unspecified atom stereocenters. The number of methoxy groups -OCH3 is 1. The number of hydrogen-bond donors (Lipinski definition) is 2. The Morgan fingerprint density at radius 2 is 2.06 bits per heavy atom. The van der Waals surface area contributed by atoms with Crippen LogP contribution in [0, 0.1) is 22.7 Å². The van der Waals surface area contributed by atoms with E-state index in [1.165, 1.54) is 12.0 Å². The van der Waals surface area contributed by atoms with E-state index in [2.05, 4.69) is 15.4 Å². The van der Waals surface area contributed by atoms with Gasteiger partial charge in [-0.2, -0.15) is 10.5 Å². The molecule has 0 radical (unpaired) electrons. The maximum Gasteiger partial charge on any atom is 0.158 e. The van der Waals surface area contributed by atoms with Crippen LogP contribution in [0.3, 0.4) is 0 Å². The molecule has 18 heavy (non-hydrogen) atoms. The van der Waals surface area contributed by atoms with Crippen molar-refractivity contribution in [3.05, 3.63) is 11.9 Å². The number of hydrazine groups is 1. The molecule has 0 aliphatic carbocycles. The second kappa shape index (κ2) is 7.01. The first-order valence-corrected chi connectivity index (χ1v) is 5.07. The van der Waals surface area contributed by atoms with Crippen LogP contribution in [0.15, 0.2) is 6.07 Å². The SMILES string of the molecule is COCc1nc(NN)cc(N(CC#N)CC#N)n1. The molecule has 3 N–H and O–H groups in total. The summed E-state index contributed by atoms with van der Waals surface area (Å²) in [5.74, 6) is 6.57. The molecular weight excluding hydrogens is 234 g/mol. The highest BCUT2D eigenvalue weighted by molar-refractivity contribution is 5.50. The number of nitrogens with zero attached hydrogens (tertiary/aromatic N) is 5. The molecule has 0 saturated heterocycles. The van der Waals surface area contributed by atoms with E-state index >= 15 is 0 Å². The van der Waals surface area contributed by atoms with Crippen LogP contribution in [0.2, 0.25) is 0 Å². The van der Waals surface area contributed by atoms with Crippen LogP contribution < -0.4 is 16.2 Å². The normalized spacial score (nSPS) is 9.33. The van der Waals surface area contributed by atoms with Gasteiger partial charge in [-0.25, -0.2) is 15.8 Å². The Labute approximate surface area is 105 Å². The maximum absolute atomic E-state index is 8.71. The Morgan fingerprint density at radius 3 is 2.56 bits per heavy atom. The minimum Gasteiger partial charge on any atom is -0.377 e. The number of nitrogen functional groups attached to an aromatic ring is 1. The standard InChI is InChI=1S/C10H13N7O/c1-18-7-9-14-8(16-13)6-10(15-9)17(4-2-11)5-3-12/h6H,4-5,7,13H2,1H3,(H,14,15,16). The zero-order chi connectivity index (χ0) is 13.4. The van der Waals surface area contributed by atoms with Crippen molar-refractivity contribution >= 4 is 11.6 Å². The smallest absolute Gasteiger partial charge is 0.158 e. The van der Waals surface area contributed by atoms with E-state index in [9.17, 15) is 0 Å². The van der Waals surface area contributed by atoms with Crippen molar-refractivity contribution in [3.8, 4) is 12.1 Å². The van der Waals surface area contributed by atoms with Crippen LogP contribution in [0.5, 0.6) is 0 Å². The number of aromatic nitrogens is 2. The molecule has 1 aromatic rings. The highest BCUT2D eigenvalue weighted by atomic mass is 16.5. The summed E-state index contributed by atoms with van der Waals surface area (Å²) in [6, 6.07) is 5.51. The van der Waals surface area contributed by atoms with E-state index in [0.29, 0.717) is 17.5 Å². The summed E-state index contributed by atoms with van der Waals surface area (Å²) in [4.78, 5) is 9.80. The lowest BCUT2D eigenvalue weighted by atomic mass is 10.4. The third kappa shape index (κ3) is 3.56. The molecule has 1 heterocycles. The Bertz CT molecular complexity index is 460. The summed E-state index contributed by atoms with van der Waals surface area (Å²) in [6.07, 6.45) is 0. The van der Waals surface area contributed by atoms with E-state index in [0.717, 1.165) is 0 Å². The third-order valence-corrected chi connectivity index (χ3v) is 2.03. The lowest BCUT2D eigenvalue weighted by Crippen LogP contribution is -2.26. The first-order valence-electron chi connectivity index (χ1n) is 5.07. The van der Waals surface area contributed by atoms with Gasteiger partial charge in [0.2, 0.25) is 0 Å². The van der Waals surface area contributed by atoms with Gasteiger partial charge in [-0.1, -0.05) is 0 Å². The zero-order valence-corrected chi connectivity index (χ0v) is 9.92. The number of nitrogens with two attached hydrogens (primary N) is 1. The Hall–Kier alpha value is -2.42. The number of rotatable bonds is 6. The predicted molar refractivity (Wildman–Crippen MR) is 64.0 cm³/mol. The van der Waals surface area contributed by atoms with Gasteiger partial charge in [0.15, 0.2) is 5.82 Å². The van der Waals surface area contributed by atoms with Crippen molar-refractivity contribution in [2.24, 2.45) is 5.84 Å². The second-order valence-corrected chi connectivity index (χ2v) is 3.28. The summed E-state index contributed by atoms with van der Waals surface area (Å²) in [5, 5.41) is 17.4. The molecule has 0 spiro atoms. The number of anilines is 2. The molecule has 0 aliphatic rings. The van der Waals surface area contributed by atoms with E-state index in [4.69, 9.17) is 21.1 Å². The Morgan fingerprint density at radius 1 is 1.39 bits per heavy atom. The van der Waals surface area contributed by atoms with E-state index in [1.54, 1.807) is 6.07 Å². The molecule has 0 amide bonds. The molecule has 8 nitrogen and oxygen atoms in total. The fraction of sp³-hybridized carbons (Fsp3) is 0.400. The highest BCUT2D eigenvalue weighted by Crippen LogP contribution is 2.15. The summed E-state index contributed by atoms with van der Waals surface area (Å²) < 4.78 is 4.94. The molecule has 1 aromatic heterocycles. The van der Waals surface area contributed by atoms with Gasteiger partial charge < -0.3 is 15.1 Å². The average molecular weight is 247 g/mol. The first kappa shape index (κ1) is 13.6. The number of nitrogens with one attached hydrogen (secondary N) is 1. The minimum atomic E-state index is 0.0566. The van der Waals surface area contributed by atoms with Crippen molar-refractivity contribution in [1.82, 2.24) is 9.97 Å². The summed E-state index contributed by atoms with van der Waals surface area (Å²) in [5.41, 5.74) is 2.41. The molecule has 0 bridgehead atoms. The quantitative estimate of drug-likeness (QED) is 0.401.